The lowest BCUT2D eigenvalue weighted by atomic mass is 10.1. The standard InChI is InChI=1S/C15H14BrClN2O2/c1-20-13-5-2-9(15(18)19)6-10(13)8-21-14-7-11(16)3-4-12(14)17/h2-7H,8H2,1H3,(H3,18,19). The van der Waals surface area contributed by atoms with E-state index in [1.54, 1.807) is 37.4 Å². The van der Waals surface area contributed by atoms with Crippen LogP contribution in [0, 0.1) is 5.41 Å². The summed E-state index contributed by atoms with van der Waals surface area (Å²) < 4.78 is 11.9. The molecule has 21 heavy (non-hydrogen) atoms. The van der Waals surface area contributed by atoms with Gasteiger partial charge in [-0.1, -0.05) is 27.5 Å². The molecule has 0 aromatic heterocycles. The SMILES string of the molecule is COc1ccc(C(=N)N)cc1COc1cc(Br)ccc1Cl. The minimum Gasteiger partial charge on any atom is -0.496 e. The molecule has 2 rings (SSSR count). The van der Waals surface area contributed by atoms with Crippen LogP contribution in [0.2, 0.25) is 5.02 Å². The van der Waals surface area contributed by atoms with Gasteiger partial charge >= 0.3 is 0 Å². The van der Waals surface area contributed by atoms with Crippen LogP contribution in [0.4, 0.5) is 0 Å². The first-order valence-electron chi connectivity index (χ1n) is 6.10. The van der Waals surface area contributed by atoms with E-state index in [-0.39, 0.29) is 12.4 Å². The second-order valence-electron chi connectivity index (χ2n) is 4.30. The van der Waals surface area contributed by atoms with Crippen molar-refractivity contribution in [3.63, 3.8) is 0 Å². The highest BCUT2D eigenvalue weighted by Gasteiger charge is 2.09. The predicted octanol–water partition coefficient (Wildman–Crippen LogP) is 3.97. The molecule has 2 aromatic rings. The van der Waals surface area contributed by atoms with Crippen molar-refractivity contribution in [1.29, 1.82) is 5.41 Å². The molecule has 0 aliphatic heterocycles. The van der Waals surface area contributed by atoms with E-state index in [1.807, 2.05) is 6.07 Å². The zero-order valence-electron chi connectivity index (χ0n) is 11.3. The Morgan fingerprint density at radius 3 is 2.67 bits per heavy atom. The summed E-state index contributed by atoms with van der Waals surface area (Å²) in [6.45, 7) is 0.264. The average molecular weight is 370 g/mol. The lowest BCUT2D eigenvalue weighted by Gasteiger charge is -2.13. The normalized spacial score (nSPS) is 10.2. The first-order valence-corrected chi connectivity index (χ1v) is 7.27. The summed E-state index contributed by atoms with van der Waals surface area (Å²) in [6, 6.07) is 10.7. The lowest BCUT2D eigenvalue weighted by Crippen LogP contribution is -2.12. The highest BCUT2D eigenvalue weighted by atomic mass is 79.9. The van der Waals surface area contributed by atoms with Crippen molar-refractivity contribution < 1.29 is 9.47 Å². The number of amidine groups is 1. The Bertz CT molecular complexity index is 677. The Morgan fingerprint density at radius 2 is 2.00 bits per heavy atom. The van der Waals surface area contributed by atoms with Gasteiger partial charge in [-0.15, -0.1) is 0 Å². The summed E-state index contributed by atoms with van der Waals surface area (Å²) in [5.41, 5.74) is 6.91. The maximum Gasteiger partial charge on any atom is 0.139 e. The molecular weight excluding hydrogens is 356 g/mol. The molecule has 0 saturated carbocycles. The van der Waals surface area contributed by atoms with E-state index < -0.39 is 0 Å². The van der Waals surface area contributed by atoms with Gasteiger partial charge in [-0.2, -0.15) is 0 Å². The Morgan fingerprint density at radius 1 is 1.24 bits per heavy atom. The fourth-order valence-corrected chi connectivity index (χ4v) is 2.31. The smallest absolute Gasteiger partial charge is 0.139 e. The van der Waals surface area contributed by atoms with E-state index in [0.29, 0.717) is 22.1 Å². The zero-order chi connectivity index (χ0) is 15.4. The van der Waals surface area contributed by atoms with Crippen LogP contribution in [-0.4, -0.2) is 12.9 Å². The summed E-state index contributed by atoms with van der Waals surface area (Å²) in [4.78, 5) is 0. The van der Waals surface area contributed by atoms with Crippen LogP contribution in [0.15, 0.2) is 40.9 Å². The van der Waals surface area contributed by atoms with Crippen molar-refractivity contribution >= 4 is 33.4 Å². The van der Waals surface area contributed by atoms with Gasteiger partial charge in [-0.25, -0.2) is 0 Å². The van der Waals surface area contributed by atoms with Crippen LogP contribution < -0.4 is 15.2 Å². The van der Waals surface area contributed by atoms with E-state index in [1.165, 1.54) is 0 Å². The average Bonchev–Trinajstić information content (AvgIpc) is 2.47. The fourth-order valence-electron chi connectivity index (χ4n) is 1.80. The molecule has 0 atom stereocenters. The van der Waals surface area contributed by atoms with Crippen LogP contribution in [0.25, 0.3) is 0 Å². The van der Waals surface area contributed by atoms with Crippen LogP contribution >= 0.6 is 27.5 Å². The van der Waals surface area contributed by atoms with Gasteiger partial charge in [0.05, 0.1) is 12.1 Å². The number of rotatable bonds is 5. The van der Waals surface area contributed by atoms with E-state index in [0.717, 1.165) is 10.0 Å². The van der Waals surface area contributed by atoms with Crippen molar-refractivity contribution in [3.8, 4) is 11.5 Å². The molecule has 0 saturated heterocycles. The van der Waals surface area contributed by atoms with E-state index in [9.17, 15) is 0 Å². The highest BCUT2D eigenvalue weighted by molar-refractivity contribution is 9.10. The van der Waals surface area contributed by atoms with Gasteiger partial charge in [0.25, 0.3) is 0 Å². The molecule has 0 heterocycles. The topological polar surface area (TPSA) is 68.3 Å². The number of hydrogen-bond donors (Lipinski definition) is 2. The van der Waals surface area contributed by atoms with Crippen molar-refractivity contribution in [2.45, 2.75) is 6.61 Å². The Hall–Kier alpha value is -1.72. The third kappa shape index (κ3) is 3.89. The lowest BCUT2D eigenvalue weighted by molar-refractivity contribution is 0.296. The number of nitrogen functional groups attached to an aromatic ring is 1. The molecule has 6 heteroatoms. The summed E-state index contributed by atoms with van der Waals surface area (Å²) in [5, 5.41) is 8.01. The summed E-state index contributed by atoms with van der Waals surface area (Å²) >= 11 is 9.46. The molecule has 0 aliphatic rings. The molecule has 0 bridgehead atoms. The number of halogens is 2. The Balaban J connectivity index is 2.24. The first kappa shape index (κ1) is 15.7. The van der Waals surface area contributed by atoms with Gasteiger partial charge in [0.1, 0.15) is 23.9 Å². The number of methoxy groups -OCH3 is 1. The molecule has 0 radical (unpaired) electrons. The molecule has 2 aromatic carbocycles. The molecule has 4 nitrogen and oxygen atoms in total. The van der Waals surface area contributed by atoms with Crippen LogP contribution in [-0.2, 0) is 6.61 Å². The maximum absolute atomic E-state index is 7.49. The molecular formula is C15H14BrClN2O2. The first-order chi connectivity index (χ1) is 10.0. The molecule has 0 fully saturated rings. The predicted molar refractivity (Wildman–Crippen MR) is 87.5 cm³/mol. The Kier molecular flexibility index (Phi) is 5.09. The summed E-state index contributed by atoms with van der Waals surface area (Å²) in [5.74, 6) is 1.24. The minimum absolute atomic E-state index is 0.000564. The van der Waals surface area contributed by atoms with Gasteiger partial charge < -0.3 is 15.2 Å². The molecule has 0 aliphatic carbocycles. The van der Waals surface area contributed by atoms with E-state index in [4.69, 9.17) is 32.2 Å². The molecule has 3 N–H and O–H groups in total. The van der Waals surface area contributed by atoms with E-state index >= 15 is 0 Å². The molecule has 0 amide bonds. The highest BCUT2D eigenvalue weighted by Crippen LogP contribution is 2.30. The van der Waals surface area contributed by atoms with Crippen molar-refractivity contribution in [2.75, 3.05) is 7.11 Å². The van der Waals surface area contributed by atoms with Crippen molar-refractivity contribution in [3.05, 3.63) is 57.0 Å². The number of nitrogens with two attached hydrogens (primary N) is 1. The van der Waals surface area contributed by atoms with Gasteiger partial charge in [0.15, 0.2) is 0 Å². The number of hydrogen-bond acceptors (Lipinski definition) is 3. The van der Waals surface area contributed by atoms with Crippen molar-refractivity contribution in [2.24, 2.45) is 5.73 Å². The largest absolute Gasteiger partial charge is 0.496 e. The molecule has 110 valence electrons. The molecule has 0 unspecified atom stereocenters. The fraction of sp³-hybridized carbons (Fsp3) is 0.133. The van der Waals surface area contributed by atoms with Gasteiger partial charge in [-0.3, -0.25) is 5.41 Å². The van der Waals surface area contributed by atoms with E-state index in [2.05, 4.69) is 15.9 Å². The van der Waals surface area contributed by atoms with Crippen LogP contribution in [0.1, 0.15) is 11.1 Å². The third-order valence-electron chi connectivity index (χ3n) is 2.87. The molecule has 0 spiro atoms. The van der Waals surface area contributed by atoms with Crippen LogP contribution in [0.5, 0.6) is 11.5 Å². The van der Waals surface area contributed by atoms with Gasteiger partial charge in [0, 0.05) is 15.6 Å². The second kappa shape index (κ2) is 6.83. The Labute approximate surface area is 136 Å². The minimum atomic E-state index is -0.000564. The summed E-state index contributed by atoms with van der Waals surface area (Å²) in [6.07, 6.45) is 0. The zero-order valence-corrected chi connectivity index (χ0v) is 13.7. The van der Waals surface area contributed by atoms with Gasteiger partial charge in [-0.05, 0) is 36.4 Å². The van der Waals surface area contributed by atoms with Crippen molar-refractivity contribution in [1.82, 2.24) is 0 Å². The number of nitrogens with one attached hydrogen (secondary N) is 1. The monoisotopic (exact) mass is 368 g/mol. The van der Waals surface area contributed by atoms with Crippen LogP contribution in [0.3, 0.4) is 0 Å². The second-order valence-corrected chi connectivity index (χ2v) is 5.63. The third-order valence-corrected chi connectivity index (χ3v) is 3.67. The maximum atomic E-state index is 7.49. The number of ether oxygens (including phenoxy) is 2. The summed E-state index contributed by atoms with van der Waals surface area (Å²) in [7, 11) is 1.58. The van der Waals surface area contributed by atoms with Gasteiger partial charge in [0.2, 0.25) is 0 Å². The number of benzene rings is 2. The quantitative estimate of drug-likeness (QED) is 0.619.